The Balaban J connectivity index is 2.42. The summed E-state index contributed by atoms with van der Waals surface area (Å²) in [5, 5.41) is 10.3. The Hall–Kier alpha value is -1.54. The second kappa shape index (κ2) is 6.07. The number of nitrogen functional groups attached to an aromatic ring is 1. The van der Waals surface area contributed by atoms with Crippen molar-refractivity contribution in [2.24, 2.45) is 17.8 Å². The zero-order valence-electron chi connectivity index (χ0n) is 13.1. The monoisotopic (exact) mass is 305 g/mol. The summed E-state index contributed by atoms with van der Waals surface area (Å²) in [6.45, 7) is 10.0. The van der Waals surface area contributed by atoms with Crippen LogP contribution in [0, 0.1) is 29.1 Å². The molecule has 114 valence electrons. The van der Waals surface area contributed by atoms with Crippen molar-refractivity contribution in [3.8, 4) is 6.07 Å². The van der Waals surface area contributed by atoms with Gasteiger partial charge >= 0.3 is 0 Å². The molecule has 0 bridgehead atoms. The maximum atomic E-state index is 12.3. The number of carbonyl (C=O) groups is 1. The van der Waals surface area contributed by atoms with Gasteiger partial charge in [-0.2, -0.15) is 5.26 Å². The van der Waals surface area contributed by atoms with E-state index in [9.17, 15) is 10.1 Å². The third-order valence-electron chi connectivity index (χ3n) is 3.94. The maximum Gasteiger partial charge on any atom is 0.177 e. The molecule has 5 heteroatoms. The fraction of sp³-hybridized carbons (Fsp3) is 0.625. The van der Waals surface area contributed by atoms with Crippen molar-refractivity contribution < 1.29 is 4.79 Å². The quantitative estimate of drug-likeness (QED) is 0.867. The van der Waals surface area contributed by atoms with Crippen LogP contribution in [0.1, 0.15) is 49.4 Å². The molecule has 2 atom stereocenters. The summed E-state index contributed by atoms with van der Waals surface area (Å²) < 4.78 is 0. The van der Waals surface area contributed by atoms with Gasteiger partial charge in [0.1, 0.15) is 16.6 Å². The number of nitrogens with two attached hydrogens (primary N) is 1. The van der Waals surface area contributed by atoms with Crippen LogP contribution in [0.2, 0.25) is 0 Å². The molecule has 0 spiro atoms. The molecule has 0 saturated carbocycles. The molecule has 1 aromatic rings. The molecular formula is C16H23N3OS. The third kappa shape index (κ3) is 3.06. The fourth-order valence-electron chi connectivity index (χ4n) is 3.04. The average molecular weight is 305 g/mol. The third-order valence-corrected chi connectivity index (χ3v) is 5.22. The Bertz CT molecular complexity index is 575. The first kappa shape index (κ1) is 15.8. The van der Waals surface area contributed by atoms with E-state index < -0.39 is 0 Å². The number of Topliss-reactive ketones (excluding diaryl/α,β-unsaturated/α-hetero) is 1. The topological polar surface area (TPSA) is 70.1 Å². The number of carbonyl (C=O) groups excluding carboxylic acids is 1. The molecule has 1 aliphatic rings. The largest absolute Gasteiger partial charge is 0.396 e. The highest BCUT2D eigenvalue weighted by Crippen LogP contribution is 2.41. The molecule has 2 N–H and O–H groups in total. The van der Waals surface area contributed by atoms with Crippen LogP contribution in [0.4, 0.5) is 10.7 Å². The van der Waals surface area contributed by atoms with Gasteiger partial charge in [0, 0.05) is 19.0 Å². The number of rotatable bonds is 3. The number of piperidine rings is 1. The van der Waals surface area contributed by atoms with Crippen molar-refractivity contribution in [2.75, 3.05) is 23.7 Å². The fourth-order valence-corrected chi connectivity index (χ4v) is 4.31. The Morgan fingerprint density at radius 2 is 1.95 bits per heavy atom. The van der Waals surface area contributed by atoms with E-state index in [2.05, 4.69) is 24.8 Å². The predicted octanol–water partition coefficient (Wildman–Crippen LogP) is 3.52. The van der Waals surface area contributed by atoms with E-state index in [0.29, 0.717) is 28.0 Å². The van der Waals surface area contributed by atoms with Crippen LogP contribution in [-0.2, 0) is 0 Å². The number of anilines is 2. The molecule has 1 aromatic heterocycles. The Morgan fingerprint density at radius 1 is 1.38 bits per heavy atom. The number of hydrogen-bond donors (Lipinski definition) is 1. The number of ketones is 1. The molecule has 4 nitrogen and oxygen atoms in total. The highest BCUT2D eigenvalue weighted by atomic mass is 32.1. The molecule has 0 radical (unpaired) electrons. The predicted molar refractivity (Wildman–Crippen MR) is 87.8 cm³/mol. The Labute approximate surface area is 130 Å². The molecule has 1 aliphatic heterocycles. The summed E-state index contributed by atoms with van der Waals surface area (Å²) in [5.41, 5.74) is 6.91. The molecule has 0 amide bonds. The first-order chi connectivity index (χ1) is 9.85. The highest BCUT2D eigenvalue weighted by molar-refractivity contribution is 7.19. The van der Waals surface area contributed by atoms with Crippen LogP contribution in [0.15, 0.2) is 0 Å². The summed E-state index contributed by atoms with van der Waals surface area (Å²) in [4.78, 5) is 15.0. The molecule has 0 aliphatic carbocycles. The van der Waals surface area contributed by atoms with E-state index >= 15 is 0 Å². The van der Waals surface area contributed by atoms with Gasteiger partial charge in [-0.1, -0.05) is 27.7 Å². The minimum atomic E-state index is -0.107. The number of hydrogen-bond acceptors (Lipinski definition) is 5. The van der Waals surface area contributed by atoms with Gasteiger partial charge in [-0.15, -0.1) is 11.3 Å². The molecule has 2 rings (SSSR count). The van der Waals surface area contributed by atoms with Gasteiger partial charge in [0.25, 0.3) is 0 Å². The normalized spacial score (nSPS) is 22.4. The molecule has 2 heterocycles. The van der Waals surface area contributed by atoms with Crippen LogP contribution >= 0.6 is 11.3 Å². The van der Waals surface area contributed by atoms with Crippen molar-refractivity contribution in [3.05, 3.63) is 10.4 Å². The van der Waals surface area contributed by atoms with E-state index in [1.165, 1.54) is 17.8 Å². The minimum absolute atomic E-state index is 0.0263. The van der Waals surface area contributed by atoms with Gasteiger partial charge in [0.15, 0.2) is 5.78 Å². The molecular weight excluding hydrogens is 282 g/mol. The lowest BCUT2D eigenvalue weighted by Gasteiger charge is -2.35. The Morgan fingerprint density at radius 3 is 2.43 bits per heavy atom. The van der Waals surface area contributed by atoms with Crippen LogP contribution in [-0.4, -0.2) is 18.9 Å². The van der Waals surface area contributed by atoms with Gasteiger partial charge in [0.05, 0.1) is 10.6 Å². The SMILES string of the molecule is CC1CC(C)CN(c2sc(C(=O)C(C)C)c(N)c2C#N)C1. The second-order valence-corrected chi connectivity index (χ2v) is 7.51. The van der Waals surface area contributed by atoms with Crippen molar-refractivity contribution in [1.29, 1.82) is 5.26 Å². The smallest absolute Gasteiger partial charge is 0.177 e. The molecule has 0 aromatic carbocycles. The maximum absolute atomic E-state index is 12.3. The van der Waals surface area contributed by atoms with E-state index in [1.54, 1.807) is 0 Å². The van der Waals surface area contributed by atoms with E-state index in [-0.39, 0.29) is 11.7 Å². The molecule has 2 unspecified atom stereocenters. The van der Waals surface area contributed by atoms with Crippen molar-refractivity contribution in [1.82, 2.24) is 0 Å². The number of thiophene rings is 1. The highest BCUT2D eigenvalue weighted by Gasteiger charge is 2.29. The zero-order chi connectivity index (χ0) is 15.7. The first-order valence-corrected chi connectivity index (χ1v) is 8.28. The van der Waals surface area contributed by atoms with E-state index in [0.717, 1.165) is 18.1 Å². The van der Waals surface area contributed by atoms with Gasteiger partial charge in [0.2, 0.25) is 0 Å². The van der Waals surface area contributed by atoms with Gasteiger partial charge in [-0.05, 0) is 18.3 Å². The van der Waals surface area contributed by atoms with Crippen LogP contribution in [0.3, 0.4) is 0 Å². The number of nitriles is 1. The first-order valence-electron chi connectivity index (χ1n) is 7.46. The molecule has 1 fully saturated rings. The standard InChI is InChI=1S/C16H23N3OS/c1-9(2)14(20)15-13(18)12(6-17)16(21-15)19-7-10(3)5-11(4)8-19/h9-11H,5,7-8,18H2,1-4H3. The lowest BCUT2D eigenvalue weighted by Crippen LogP contribution is -2.38. The summed E-state index contributed by atoms with van der Waals surface area (Å²) >= 11 is 1.39. The lowest BCUT2D eigenvalue weighted by atomic mass is 9.92. The number of nitrogens with zero attached hydrogens (tertiary/aromatic N) is 2. The van der Waals surface area contributed by atoms with Crippen molar-refractivity contribution >= 4 is 27.8 Å². The van der Waals surface area contributed by atoms with E-state index in [4.69, 9.17) is 5.73 Å². The van der Waals surface area contributed by atoms with Gasteiger partial charge in [-0.3, -0.25) is 4.79 Å². The molecule has 21 heavy (non-hydrogen) atoms. The van der Waals surface area contributed by atoms with Crippen molar-refractivity contribution in [3.63, 3.8) is 0 Å². The molecule has 1 saturated heterocycles. The van der Waals surface area contributed by atoms with Gasteiger partial charge < -0.3 is 10.6 Å². The zero-order valence-corrected chi connectivity index (χ0v) is 14.0. The van der Waals surface area contributed by atoms with Crippen LogP contribution < -0.4 is 10.6 Å². The summed E-state index contributed by atoms with van der Waals surface area (Å²) in [5.74, 6) is 1.10. The van der Waals surface area contributed by atoms with Crippen molar-refractivity contribution in [2.45, 2.75) is 34.1 Å². The lowest BCUT2D eigenvalue weighted by molar-refractivity contribution is 0.0944. The second-order valence-electron chi connectivity index (χ2n) is 6.51. The van der Waals surface area contributed by atoms with Crippen LogP contribution in [0.25, 0.3) is 0 Å². The van der Waals surface area contributed by atoms with E-state index in [1.807, 2.05) is 13.8 Å². The average Bonchev–Trinajstić information content (AvgIpc) is 2.73. The van der Waals surface area contributed by atoms with Crippen LogP contribution in [0.5, 0.6) is 0 Å². The summed E-state index contributed by atoms with van der Waals surface area (Å²) in [6, 6.07) is 2.20. The summed E-state index contributed by atoms with van der Waals surface area (Å²) in [7, 11) is 0. The minimum Gasteiger partial charge on any atom is -0.396 e. The Kier molecular flexibility index (Phi) is 4.58. The van der Waals surface area contributed by atoms with Gasteiger partial charge in [-0.25, -0.2) is 0 Å². The summed E-state index contributed by atoms with van der Waals surface area (Å²) in [6.07, 6.45) is 1.21.